The quantitative estimate of drug-likeness (QED) is 0.826. The van der Waals surface area contributed by atoms with Gasteiger partial charge in [0.05, 0.1) is 25.1 Å². The second kappa shape index (κ2) is 6.12. The molecule has 1 atom stereocenters. The van der Waals surface area contributed by atoms with Gasteiger partial charge in [0.2, 0.25) is 5.91 Å². The molecule has 19 heavy (non-hydrogen) atoms. The van der Waals surface area contributed by atoms with Crippen molar-refractivity contribution in [3.05, 3.63) is 11.1 Å². The summed E-state index contributed by atoms with van der Waals surface area (Å²) >= 11 is 1.33. The van der Waals surface area contributed by atoms with E-state index in [-0.39, 0.29) is 24.2 Å². The van der Waals surface area contributed by atoms with Crippen LogP contribution in [0.2, 0.25) is 0 Å². The number of likely N-dealkylation sites (tertiary alicyclic amines) is 1. The molecule has 1 fully saturated rings. The summed E-state index contributed by atoms with van der Waals surface area (Å²) in [5.74, 6) is -0.304. The van der Waals surface area contributed by atoms with Crippen molar-refractivity contribution in [2.24, 2.45) is 5.92 Å². The van der Waals surface area contributed by atoms with E-state index in [1.165, 1.54) is 18.4 Å². The van der Waals surface area contributed by atoms with E-state index >= 15 is 0 Å². The van der Waals surface area contributed by atoms with Crippen LogP contribution in [0.3, 0.4) is 0 Å². The van der Waals surface area contributed by atoms with Crippen LogP contribution in [0.25, 0.3) is 0 Å². The minimum absolute atomic E-state index is 0.00307. The van der Waals surface area contributed by atoms with Crippen molar-refractivity contribution in [3.8, 4) is 0 Å². The average Bonchev–Trinajstić information content (AvgIpc) is 2.98. The van der Waals surface area contributed by atoms with Crippen molar-refractivity contribution in [2.75, 3.05) is 32.6 Å². The zero-order valence-electron chi connectivity index (χ0n) is 11.0. The third-order valence-corrected chi connectivity index (χ3v) is 3.90. The molecule has 0 radical (unpaired) electrons. The Hall–Kier alpha value is -1.47. The lowest BCUT2D eigenvalue weighted by Gasteiger charge is -2.09. The predicted octanol–water partition coefficient (Wildman–Crippen LogP) is 0.749. The van der Waals surface area contributed by atoms with Crippen LogP contribution in [0, 0.1) is 5.92 Å². The number of anilines is 1. The molecule has 7 heteroatoms. The molecule has 0 aromatic carbocycles. The summed E-state index contributed by atoms with van der Waals surface area (Å²) in [4.78, 5) is 29.4. The summed E-state index contributed by atoms with van der Waals surface area (Å²) in [5.41, 5.74) is 0.621. The number of thiazole rings is 1. The highest BCUT2D eigenvalue weighted by Gasteiger charge is 2.26. The van der Waals surface area contributed by atoms with Gasteiger partial charge in [-0.3, -0.25) is 9.59 Å². The highest BCUT2D eigenvalue weighted by molar-refractivity contribution is 7.13. The molecule has 0 bridgehead atoms. The van der Waals surface area contributed by atoms with E-state index in [1.54, 1.807) is 5.38 Å². The van der Waals surface area contributed by atoms with Crippen LogP contribution in [0.4, 0.5) is 5.13 Å². The number of amides is 1. The predicted molar refractivity (Wildman–Crippen MR) is 72.1 cm³/mol. The molecule has 1 aliphatic rings. The minimum Gasteiger partial charge on any atom is -0.469 e. The number of hydrogen-bond donors (Lipinski definition) is 1. The first-order valence-corrected chi connectivity index (χ1v) is 6.97. The van der Waals surface area contributed by atoms with Crippen molar-refractivity contribution in [2.45, 2.75) is 12.8 Å². The van der Waals surface area contributed by atoms with Crippen molar-refractivity contribution >= 4 is 28.3 Å². The molecule has 104 valence electrons. The van der Waals surface area contributed by atoms with Crippen LogP contribution in [-0.4, -0.2) is 49.0 Å². The Kier molecular flexibility index (Phi) is 4.49. The summed E-state index contributed by atoms with van der Waals surface area (Å²) in [7, 11) is 3.35. The van der Waals surface area contributed by atoms with Gasteiger partial charge in [-0.25, -0.2) is 4.98 Å². The Balaban J connectivity index is 1.89. The van der Waals surface area contributed by atoms with E-state index in [9.17, 15) is 9.59 Å². The molecule has 1 unspecified atom stereocenters. The Morgan fingerprint density at radius 1 is 1.63 bits per heavy atom. The highest BCUT2D eigenvalue weighted by Crippen LogP contribution is 2.20. The SMILES string of the molecule is COC(=O)Cc1csc(NC(=O)C2CCN(C)C2)n1. The van der Waals surface area contributed by atoms with Crippen molar-refractivity contribution in [1.82, 2.24) is 9.88 Å². The molecule has 2 heterocycles. The summed E-state index contributed by atoms with van der Waals surface area (Å²) < 4.78 is 4.57. The first-order valence-electron chi connectivity index (χ1n) is 6.09. The summed E-state index contributed by atoms with van der Waals surface area (Å²) in [6.45, 7) is 1.73. The number of hydrogen-bond acceptors (Lipinski definition) is 6. The van der Waals surface area contributed by atoms with Gasteiger partial charge in [0, 0.05) is 11.9 Å². The molecule has 1 aromatic rings. The Bertz CT molecular complexity index is 475. The lowest BCUT2D eigenvalue weighted by molar-refractivity contribution is -0.139. The first kappa shape index (κ1) is 14.0. The minimum atomic E-state index is -0.333. The number of nitrogens with one attached hydrogen (secondary N) is 1. The molecular formula is C12H17N3O3S. The van der Waals surface area contributed by atoms with Crippen LogP contribution in [-0.2, 0) is 20.7 Å². The Labute approximate surface area is 115 Å². The average molecular weight is 283 g/mol. The van der Waals surface area contributed by atoms with E-state index in [4.69, 9.17) is 0 Å². The monoisotopic (exact) mass is 283 g/mol. The van der Waals surface area contributed by atoms with Gasteiger partial charge in [-0.05, 0) is 20.0 Å². The molecule has 1 amide bonds. The van der Waals surface area contributed by atoms with Crippen LogP contribution in [0.1, 0.15) is 12.1 Å². The van der Waals surface area contributed by atoms with Gasteiger partial charge in [0.25, 0.3) is 0 Å². The molecule has 0 saturated carbocycles. The molecule has 2 rings (SSSR count). The Morgan fingerprint density at radius 3 is 3.05 bits per heavy atom. The van der Waals surface area contributed by atoms with Crippen LogP contribution < -0.4 is 5.32 Å². The smallest absolute Gasteiger partial charge is 0.311 e. The van der Waals surface area contributed by atoms with Gasteiger partial charge >= 0.3 is 5.97 Å². The summed E-state index contributed by atoms with van der Waals surface area (Å²) in [6.07, 6.45) is 1.01. The fourth-order valence-electron chi connectivity index (χ4n) is 2.02. The maximum Gasteiger partial charge on any atom is 0.311 e. The topological polar surface area (TPSA) is 71.5 Å². The fourth-order valence-corrected chi connectivity index (χ4v) is 2.74. The van der Waals surface area contributed by atoms with Crippen molar-refractivity contribution in [1.29, 1.82) is 0 Å². The third-order valence-electron chi connectivity index (χ3n) is 3.10. The third kappa shape index (κ3) is 3.74. The van der Waals surface area contributed by atoms with Gasteiger partial charge in [-0.2, -0.15) is 0 Å². The zero-order valence-corrected chi connectivity index (χ0v) is 11.8. The van der Waals surface area contributed by atoms with Crippen molar-refractivity contribution < 1.29 is 14.3 Å². The van der Waals surface area contributed by atoms with Gasteiger partial charge in [0.15, 0.2) is 5.13 Å². The van der Waals surface area contributed by atoms with E-state index in [2.05, 4.69) is 19.9 Å². The molecule has 0 spiro atoms. The van der Waals surface area contributed by atoms with Gasteiger partial charge in [0.1, 0.15) is 0 Å². The number of rotatable bonds is 4. The van der Waals surface area contributed by atoms with Crippen molar-refractivity contribution in [3.63, 3.8) is 0 Å². The molecule has 1 N–H and O–H groups in total. The molecule has 0 aliphatic carbocycles. The highest BCUT2D eigenvalue weighted by atomic mass is 32.1. The van der Waals surface area contributed by atoms with E-state index in [0.717, 1.165) is 19.5 Å². The number of aromatic nitrogens is 1. The second-order valence-corrected chi connectivity index (χ2v) is 5.49. The maximum absolute atomic E-state index is 12.0. The number of ether oxygens (including phenoxy) is 1. The van der Waals surface area contributed by atoms with Crippen LogP contribution >= 0.6 is 11.3 Å². The van der Waals surface area contributed by atoms with Gasteiger partial charge in [-0.1, -0.05) is 0 Å². The van der Waals surface area contributed by atoms with Gasteiger partial charge in [-0.15, -0.1) is 11.3 Å². The molecule has 1 aromatic heterocycles. The largest absolute Gasteiger partial charge is 0.469 e. The zero-order chi connectivity index (χ0) is 13.8. The first-order chi connectivity index (χ1) is 9.08. The van der Waals surface area contributed by atoms with Crippen LogP contribution in [0.5, 0.6) is 0 Å². The van der Waals surface area contributed by atoms with Gasteiger partial charge < -0.3 is 15.0 Å². The normalized spacial score (nSPS) is 19.4. The number of methoxy groups -OCH3 is 1. The molecule has 1 aliphatic heterocycles. The Morgan fingerprint density at radius 2 is 2.42 bits per heavy atom. The molecule has 1 saturated heterocycles. The number of carbonyl (C=O) groups is 2. The standard InChI is InChI=1S/C12H17N3O3S/c1-15-4-3-8(6-15)11(17)14-12-13-9(7-19-12)5-10(16)18-2/h7-8H,3-6H2,1-2H3,(H,13,14,17). The fraction of sp³-hybridized carbons (Fsp3) is 0.583. The maximum atomic E-state index is 12.0. The number of esters is 1. The number of carbonyl (C=O) groups excluding carboxylic acids is 2. The second-order valence-electron chi connectivity index (χ2n) is 4.63. The lowest BCUT2D eigenvalue weighted by atomic mass is 10.1. The molecule has 6 nitrogen and oxygen atoms in total. The van der Waals surface area contributed by atoms with E-state index in [1.807, 2.05) is 7.05 Å². The lowest BCUT2D eigenvalue weighted by Crippen LogP contribution is -2.25. The molecular weight excluding hydrogens is 266 g/mol. The summed E-state index contributed by atoms with van der Waals surface area (Å²) in [6, 6.07) is 0. The van der Waals surface area contributed by atoms with Crippen LogP contribution in [0.15, 0.2) is 5.38 Å². The van der Waals surface area contributed by atoms with E-state index in [0.29, 0.717) is 10.8 Å². The summed E-state index contributed by atoms with van der Waals surface area (Å²) in [5, 5.41) is 5.10. The number of nitrogens with zero attached hydrogens (tertiary/aromatic N) is 2. The van der Waals surface area contributed by atoms with E-state index < -0.39 is 0 Å².